The summed E-state index contributed by atoms with van der Waals surface area (Å²) in [6.45, 7) is 0.149. The van der Waals surface area contributed by atoms with E-state index in [-0.39, 0.29) is 19.0 Å². The summed E-state index contributed by atoms with van der Waals surface area (Å²) in [6, 6.07) is 8.85. The van der Waals surface area contributed by atoms with Crippen LogP contribution in [-0.4, -0.2) is 24.4 Å². The number of amides is 1. The fourth-order valence-corrected chi connectivity index (χ4v) is 2.01. The lowest BCUT2D eigenvalue weighted by Crippen LogP contribution is -2.30. The van der Waals surface area contributed by atoms with Gasteiger partial charge in [-0.2, -0.15) is 0 Å². The Bertz CT molecular complexity index is 676. The Morgan fingerprint density at radius 1 is 1.09 bits per heavy atom. The van der Waals surface area contributed by atoms with Gasteiger partial charge in [0.25, 0.3) is 0 Å². The summed E-state index contributed by atoms with van der Waals surface area (Å²) in [5.74, 6) is -2.10. The van der Waals surface area contributed by atoms with Crippen molar-refractivity contribution in [3.63, 3.8) is 0 Å². The Balaban J connectivity index is 1.91. The van der Waals surface area contributed by atoms with Gasteiger partial charge in [0.2, 0.25) is 5.91 Å². The smallest absolute Gasteiger partial charge is 0.238 e. The molecule has 2 rings (SSSR count). The standard InChI is InChI=1S/C16H15F3N2O/c1-21(9-11-5-6-13(18)8-15(11)19)10-16(22)20-14-4-2-3-12(17)7-14/h2-8H,9-10H2,1H3,(H,20,22). The van der Waals surface area contributed by atoms with Crippen LogP contribution in [-0.2, 0) is 11.3 Å². The lowest BCUT2D eigenvalue weighted by atomic mass is 10.2. The predicted octanol–water partition coefficient (Wildman–Crippen LogP) is 3.17. The lowest BCUT2D eigenvalue weighted by molar-refractivity contribution is -0.117. The van der Waals surface area contributed by atoms with Gasteiger partial charge in [0.1, 0.15) is 17.5 Å². The molecule has 3 nitrogen and oxygen atoms in total. The zero-order valence-corrected chi connectivity index (χ0v) is 11.9. The average Bonchev–Trinajstić information content (AvgIpc) is 2.41. The van der Waals surface area contributed by atoms with E-state index in [1.54, 1.807) is 18.0 Å². The Morgan fingerprint density at radius 3 is 2.50 bits per heavy atom. The van der Waals surface area contributed by atoms with Crippen molar-refractivity contribution in [2.24, 2.45) is 0 Å². The largest absolute Gasteiger partial charge is 0.325 e. The van der Waals surface area contributed by atoms with Crippen molar-refractivity contribution in [3.05, 3.63) is 65.5 Å². The SMILES string of the molecule is CN(CC(=O)Nc1cccc(F)c1)Cc1ccc(F)cc1F. The Morgan fingerprint density at radius 2 is 1.82 bits per heavy atom. The molecule has 1 N–H and O–H groups in total. The third kappa shape index (κ3) is 4.60. The van der Waals surface area contributed by atoms with E-state index in [1.807, 2.05) is 0 Å². The molecular formula is C16H15F3N2O. The highest BCUT2D eigenvalue weighted by Gasteiger charge is 2.11. The summed E-state index contributed by atoms with van der Waals surface area (Å²) in [5.41, 5.74) is 0.647. The molecule has 0 spiro atoms. The van der Waals surface area contributed by atoms with E-state index in [2.05, 4.69) is 5.32 Å². The molecule has 6 heteroatoms. The zero-order valence-electron chi connectivity index (χ0n) is 11.9. The minimum absolute atomic E-state index is 0.00662. The van der Waals surface area contributed by atoms with E-state index < -0.39 is 17.5 Å². The molecule has 2 aromatic rings. The van der Waals surface area contributed by atoms with Crippen molar-refractivity contribution >= 4 is 11.6 Å². The minimum Gasteiger partial charge on any atom is -0.325 e. The number of anilines is 1. The van der Waals surface area contributed by atoms with Crippen molar-refractivity contribution in [3.8, 4) is 0 Å². The average molecular weight is 308 g/mol. The van der Waals surface area contributed by atoms with Crippen LogP contribution in [0.25, 0.3) is 0 Å². The van der Waals surface area contributed by atoms with Crippen LogP contribution in [0.2, 0.25) is 0 Å². The maximum Gasteiger partial charge on any atom is 0.238 e. The monoisotopic (exact) mass is 308 g/mol. The van der Waals surface area contributed by atoms with Crippen LogP contribution in [0.1, 0.15) is 5.56 Å². The molecule has 0 saturated heterocycles. The molecule has 22 heavy (non-hydrogen) atoms. The molecule has 0 aromatic heterocycles. The molecule has 0 fully saturated rings. The Labute approximate surface area is 126 Å². The zero-order chi connectivity index (χ0) is 16.1. The van der Waals surface area contributed by atoms with Crippen molar-refractivity contribution in [2.45, 2.75) is 6.54 Å². The molecule has 0 bridgehead atoms. The van der Waals surface area contributed by atoms with Gasteiger partial charge in [-0.25, -0.2) is 13.2 Å². The molecule has 0 heterocycles. The predicted molar refractivity (Wildman–Crippen MR) is 77.7 cm³/mol. The van der Waals surface area contributed by atoms with Crippen molar-refractivity contribution in [1.82, 2.24) is 4.90 Å². The van der Waals surface area contributed by atoms with E-state index in [1.165, 1.54) is 30.3 Å². The van der Waals surface area contributed by atoms with E-state index in [0.29, 0.717) is 11.3 Å². The number of likely N-dealkylation sites (N-methyl/N-ethyl adjacent to an activating group) is 1. The van der Waals surface area contributed by atoms with Gasteiger partial charge >= 0.3 is 0 Å². The Hall–Kier alpha value is -2.34. The summed E-state index contributed by atoms with van der Waals surface area (Å²) >= 11 is 0. The van der Waals surface area contributed by atoms with Gasteiger partial charge in [0.05, 0.1) is 6.54 Å². The summed E-state index contributed by atoms with van der Waals surface area (Å²) in [7, 11) is 1.63. The van der Waals surface area contributed by atoms with Crippen LogP contribution in [0, 0.1) is 17.5 Å². The van der Waals surface area contributed by atoms with E-state index in [4.69, 9.17) is 0 Å². The number of carbonyl (C=O) groups excluding carboxylic acids is 1. The number of nitrogens with one attached hydrogen (secondary N) is 1. The molecule has 0 radical (unpaired) electrons. The molecule has 0 unspecified atom stereocenters. The maximum absolute atomic E-state index is 13.5. The first-order chi connectivity index (χ1) is 10.4. The molecule has 1 amide bonds. The first-order valence-corrected chi connectivity index (χ1v) is 6.62. The van der Waals surface area contributed by atoms with Crippen molar-refractivity contribution in [2.75, 3.05) is 18.9 Å². The lowest BCUT2D eigenvalue weighted by Gasteiger charge is -2.16. The molecule has 2 aromatic carbocycles. The fourth-order valence-electron chi connectivity index (χ4n) is 2.01. The van der Waals surface area contributed by atoms with Crippen LogP contribution in [0.5, 0.6) is 0 Å². The third-order valence-corrected chi connectivity index (χ3v) is 2.98. The molecule has 0 aliphatic heterocycles. The van der Waals surface area contributed by atoms with Gasteiger partial charge in [0, 0.05) is 23.9 Å². The number of hydrogen-bond acceptors (Lipinski definition) is 2. The topological polar surface area (TPSA) is 32.3 Å². The molecule has 0 aliphatic carbocycles. The van der Waals surface area contributed by atoms with Crippen molar-refractivity contribution < 1.29 is 18.0 Å². The van der Waals surface area contributed by atoms with Crippen LogP contribution < -0.4 is 5.32 Å². The second-order valence-corrected chi connectivity index (χ2v) is 4.97. The second kappa shape index (κ2) is 7.09. The van der Waals surface area contributed by atoms with Crippen LogP contribution >= 0.6 is 0 Å². The maximum atomic E-state index is 13.5. The van der Waals surface area contributed by atoms with Crippen molar-refractivity contribution in [1.29, 1.82) is 0 Å². The van der Waals surface area contributed by atoms with Crippen LogP contribution in [0.15, 0.2) is 42.5 Å². The van der Waals surface area contributed by atoms with E-state index in [9.17, 15) is 18.0 Å². The number of rotatable bonds is 5. The highest BCUT2D eigenvalue weighted by atomic mass is 19.1. The van der Waals surface area contributed by atoms with Gasteiger partial charge in [-0.05, 0) is 31.3 Å². The molecule has 0 saturated carbocycles. The van der Waals surface area contributed by atoms with Crippen LogP contribution in [0.4, 0.5) is 18.9 Å². The fraction of sp³-hybridized carbons (Fsp3) is 0.188. The molecular weight excluding hydrogens is 293 g/mol. The van der Waals surface area contributed by atoms with E-state index in [0.717, 1.165) is 6.07 Å². The highest BCUT2D eigenvalue weighted by Crippen LogP contribution is 2.12. The number of benzene rings is 2. The quantitative estimate of drug-likeness (QED) is 0.920. The first kappa shape index (κ1) is 16.0. The van der Waals surface area contributed by atoms with Gasteiger partial charge in [-0.3, -0.25) is 9.69 Å². The van der Waals surface area contributed by atoms with Gasteiger partial charge in [0.15, 0.2) is 0 Å². The molecule has 0 aliphatic rings. The van der Waals surface area contributed by atoms with Crippen LogP contribution in [0.3, 0.4) is 0 Å². The number of halogens is 3. The van der Waals surface area contributed by atoms with Gasteiger partial charge in [-0.1, -0.05) is 12.1 Å². The first-order valence-electron chi connectivity index (χ1n) is 6.62. The number of hydrogen-bond donors (Lipinski definition) is 1. The third-order valence-electron chi connectivity index (χ3n) is 2.98. The summed E-state index contributed by atoms with van der Waals surface area (Å²) < 4.78 is 39.4. The van der Waals surface area contributed by atoms with E-state index >= 15 is 0 Å². The highest BCUT2D eigenvalue weighted by molar-refractivity contribution is 5.92. The number of carbonyl (C=O) groups is 1. The molecule has 116 valence electrons. The summed E-state index contributed by atoms with van der Waals surface area (Å²) in [4.78, 5) is 13.4. The minimum atomic E-state index is -0.655. The Kier molecular flexibility index (Phi) is 5.16. The van der Waals surface area contributed by atoms with Gasteiger partial charge < -0.3 is 5.32 Å². The molecule has 0 atom stereocenters. The summed E-state index contributed by atoms with van der Waals surface area (Å²) in [5, 5.41) is 2.55. The van der Waals surface area contributed by atoms with Gasteiger partial charge in [-0.15, -0.1) is 0 Å². The summed E-state index contributed by atoms with van der Waals surface area (Å²) in [6.07, 6.45) is 0. The number of nitrogens with zero attached hydrogens (tertiary/aromatic N) is 1. The normalized spacial score (nSPS) is 10.8. The second-order valence-electron chi connectivity index (χ2n) is 4.97.